The van der Waals surface area contributed by atoms with E-state index in [1.807, 2.05) is 19.1 Å². The van der Waals surface area contributed by atoms with E-state index >= 15 is 0 Å². The number of likely N-dealkylation sites (N-methyl/N-ethyl adjacent to an activating group) is 1. The second kappa shape index (κ2) is 6.75. The number of halogens is 2. The van der Waals surface area contributed by atoms with Gasteiger partial charge in [0.15, 0.2) is 0 Å². The maximum absolute atomic E-state index is 11.4. The van der Waals surface area contributed by atoms with E-state index in [9.17, 15) is 8.42 Å². The summed E-state index contributed by atoms with van der Waals surface area (Å²) < 4.78 is 22.7. The molecule has 6 heteroatoms. The van der Waals surface area contributed by atoms with Gasteiger partial charge in [0.1, 0.15) is 9.84 Å². The van der Waals surface area contributed by atoms with Crippen molar-refractivity contribution in [3.05, 3.63) is 33.8 Å². The molecule has 0 saturated heterocycles. The molecule has 0 saturated carbocycles. The standard InChI is InChI=1S/C12H17Cl2NO2S/c1-3-15-10(8-18(2,16)17)7-9-5-4-6-11(13)12(9)14/h4-6,10,15H,3,7-8H2,1-2H3. The summed E-state index contributed by atoms with van der Waals surface area (Å²) in [5.41, 5.74) is 0.860. The Labute approximate surface area is 118 Å². The Morgan fingerprint density at radius 1 is 1.33 bits per heavy atom. The topological polar surface area (TPSA) is 46.2 Å². The van der Waals surface area contributed by atoms with Gasteiger partial charge in [0.2, 0.25) is 0 Å². The zero-order valence-corrected chi connectivity index (χ0v) is 12.7. The molecule has 1 aromatic carbocycles. The fraction of sp³-hybridized carbons (Fsp3) is 0.500. The minimum Gasteiger partial charge on any atom is -0.313 e. The first-order valence-electron chi connectivity index (χ1n) is 5.67. The molecule has 0 fully saturated rings. The van der Waals surface area contributed by atoms with Crippen molar-refractivity contribution < 1.29 is 8.42 Å². The van der Waals surface area contributed by atoms with Gasteiger partial charge < -0.3 is 5.32 Å². The van der Waals surface area contributed by atoms with Crippen LogP contribution < -0.4 is 5.32 Å². The highest BCUT2D eigenvalue weighted by atomic mass is 35.5. The Kier molecular flexibility index (Phi) is 5.92. The molecule has 0 aliphatic carbocycles. The molecule has 0 aliphatic rings. The molecule has 1 atom stereocenters. The van der Waals surface area contributed by atoms with Crippen LogP contribution in [0.4, 0.5) is 0 Å². The molecule has 0 aromatic heterocycles. The lowest BCUT2D eigenvalue weighted by molar-refractivity contribution is 0.545. The molecule has 1 aromatic rings. The molecule has 18 heavy (non-hydrogen) atoms. The average Bonchev–Trinajstić information content (AvgIpc) is 2.23. The summed E-state index contributed by atoms with van der Waals surface area (Å²) in [6.07, 6.45) is 1.78. The smallest absolute Gasteiger partial charge is 0.148 e. The van der Waals surface area contributed by atoms with Crippen LogP contribution in [-0.2, 0) is 16.3 Å². The normalized spacial score (nSPS) is 13.6. The monoisotopic (exact) mass is 309 g/mol. The van der Waals surface area contributed by atoms with Crippen LogP contribution in [0.2, 0.25) is 10.0 Å². The highest BCUT2D eigenvalue weighted by Gasteiger charge is 2.16. The van der Waals surface area contributed by atoms with E-state index in [1.165, 1.54) is 6.26 Å². The zero-order valence-electron chi connectivity index (χ0n) is 10.4. The quantitative estimate of drug-likeness (QED) is 0.878. The van der Waals surface area contributed by atoms with Crippen LogP contribution in [0.3, 0.4) is 0 Å². The molecule has 0 bridgehead atoms. The van der Waals surface area contributed by atoms with Crippen molar-refractivity contribution in [1.29, 1.82) is 0 Å². The third-order valence-electron chi connectivity index (χ3n) is 2.49. The second-order valence-electron chi connectivity index (χ2n) is 4.26. The summed E-state index contributed by atoms with van der Waals surface area (Å²) in [6, 6.07) is 5.24. The van der Waals surface area contributed by atoms with Crippen molar-refractivity contribution in [2.24, 2.45) is 0 Å². The lowest BCUT2D eigenvalue weighted by Gasteiger charge is -2.17. The summed E-state index contributed by atoms with van der Waals surface area (Å²) >= 11 is 12.0. The number of hydrogen-bond acceptors (Lipinski definition) is 3. The summed E-state index contributed by atoms with van der Waals surface area (Å²) in [7, 11) is -3.03. The van der Waals surface area contributed by atoms with Crippen LogP contribution in [0.25, 0.3) is 0 Å². The van der Waals surface area contributed by atoms with Gasteiger partial charge >= 0.3 is 0 Å². The number of benzene rings is 1. The number of nitrogens with one attached hydrogen (secondary N) is 1. The van der Waals surface area contributed by atoms with Gasteiger partial charge in [-0.2, -0.15) is 0 Å². The molecule has 0 aliphatic heterocycles. The molecule has 1 rings (SSSR count). The Morgan fingerprint density at radius 3 is 2.56 bits per heavy atom. The van der Waals surface area contributed by atoms with Gasteiger partial charge in [-0.1, -0.05) is 42.3 Å². The van der Waals surface area contributed by atoms with Crippen molar-refractivity contribution in [3.8, 4) is 0 Å². The fourth-order valence-corrected chi connectivity index (χ4v) is 3.18. The largest absolute Gasteiger partial charge is 0.313 e. The minimum atomic E-state index is -3.03. The third kappa shape index (κ3) is 5.14. The number of hydrogen-bond donors (Lipinski definition) is 1. The Hall–Kier alpha value is -0.290. The van der Waals surface area contributed by atoms with E-state index in [2.05, 4.69) is 5.32 Å². The second-order valence-corrected chi connectivity index (χ2v) is 7.23. The zero-order chi connectivity index (χ0) is 13.8. The van der Waals surface area contributed by atoms with Gasteiger partial charge in [0.25, 0.3) is 0 Å². The molecular weight excluding hydrogens is 293 g/mol. The van der Waals surface area contributed by atoms with Gasteiger partial charge in [-0.05, 0) is 24.6 Å². The van der Waals surface area contributed by atoms with Crippen molar-refractivity contribution >= 4 is 33.0 Å². The van der Waals surface area contributed by atoms with Crippen molar-refractivity contribution in [3.63, 3.8) is 0 Å². The van der Waals surface area contributed by atoms with E-state index < -0.39 is 9.84 Å². The first-order valence-corrected chi connectivity index (χ1v) is 8.49. The molecular formula is C12H17Cl2NO2S. The van der Waals surface area contributed by atoms with Crippen LogP contribution in [0, 0.1) is 0 Å². The summed E-state index contributed by atoms with van der Waals surface area (Å²) in [5, 5.41) is 4.14. The lowest BCUT2D eigenvalue weighted by atomic mass is 10.1. The maximum atomic E-state index is 11.4. The molecule has 1 unspecified atom stereocenters. The Balaban J connectivity index is 2.86. The van der Waals surface area contributed by atoms with Crippen LogP contribution in [0.5, 0.6) is 0 Å². The van der Waals surface area contributed by atoms with Gasteiger partial charge in [0, 0.05) is 12.3 Å². The van der Waals surface area contributed by atoms with Crippen LogP contribution in [0.1, 0.15) is 12.5 Å². The van der Waals surface area contributed by atoms with Gasteiger partial charge in [-0.15, -0.1) is 0 Å². The number of sulfone groups is 1. The molecule has 0 radical (unpaired) electrons. The summed E-state index contributed by atoms with van der Waals surface area (Å²) in [5.74, 6) is 0.0870. The van der Waals surface area contributed by atoms with Crippen molar-refractivity contribution in [2.75, 3.05) is 18.6 Å². The van der Waals surface area contributed by atoms with Gasteiger partial charge in [0.05, 0.1) is 15.8 Å². The maximum Gasteiger partial charge on any atom is 0.148 e. The van der Waals surface area contributed by atoms with Crippen LogP contribution in [-0.4, -0.2) is 33.0 Å². The van der Waals surface area contributed by atoms with Gasteiger partial charge in [-0.25, -0.2) is 8.42 Å². The summed E-state index contributed by atoms with van der Waals surface area (Å²) in [6.45, 7) is 2.65. The average molecular weight is 310 g/mol. The lowest BCUT2D eigenvalue weighted by Crippen LogP contribution is -2.37. The van der Waals surface area contributed by atoms with Crippen LogP contribution in [0.15, 0.2) is 18.2 Å². The highest BCUT2D eigenvalue weighted by molar-refractivity contribution is 7.90. The molecule has 1 N–H and O–H groups in total. The predicted molar refractivity (Wildman–Crippen MR) is 77.3 cm³/mol. The van der Waals surface area contributed by atoms with Gasteiger partial charge in [-0.3, -0.25) is 0 Å². The Morgan fingerprint density at radius 2 is 2.00 bits per heavy atom. The van der Waals surface area contributed by atoms with E-state index in [1.54, 1.807) is 6.07 Å². The highest BCUT2D eigenvalue weighted by Crippen LogP contribution is 2.26. The fourth-order valence-electron chi connectivity index (χ4n) is 1.82. The first-order chi connectivity index (χ1) is 8.33. The molecule has 102 valence electrons. The van der Waals surface area contributed by atoms with E-state index in [0.29, 0.717) is 23.0 Å². The van der Waals surface area contributed by atoms with E-state index in [-0.39, 0.29) is 11.8 Å². The molecule has 0 heterocycles. The van der Waals surface area contributed by atoms with Crippen molar-refractivity contribution in [2.45, 2.75) is 19.4 Å². The Bertz CT molecular complexity index is 503. The predicted octanol–water partition coefficient (Wildman–Crippen LogP) is 2.56. The van der Waals surface area contributed by atoms with E-state index in [4.69, 9.17) is 23.2 Å². The third-order valence-corrected chi connectivity index (χ3v) is 4.36. The van der Waals surface area contributed by atoms with E-state index in [0.717, 1.165) is 5.56 Å². The number of rotatable bonds is 6. The first kappa shape index (κ1) is 15.8. The molecule has 0 spiro atoms. The summed E-state index contributed by atoms with van der Waals surface area (Å²) in [4.78, 5) is 0. The van der Waals surface area contributed by atoms with Crippen molar-refractivity contribution in [1.82, 2.24) is 5.32 Å². The SMILES string of the molecule is CCNC(Cc1cccc(Cl)c1Cl)CS(C)(=O)=O. The molecule has 3 nitrogen and oxygen atoms in total. The minimum absolute atomic E-state index is 0.0870. The molecule has 0 amide bonds. The van der Waals surface area contributed by atoms with Crippen LogP contribution >= 0.6 is 23.2 Å².